The van der Waals surface area contributed by atoms with Crippen molar-refractivity contribution in [2.24, 2.45) is 4.99 Å². The smallest absolute Gasteiger partial charge is 0.326 e. The van der Waals surface area contributed by atoms with E-state index < -0.39 is 11.1 Å². The van der Waals surface area contributed by atoms with Crippen molar-refractivity contribution >= 4 is 52.4 Å². The number of urea groups is 1. The molecule has 0 bridgehead atoms. The van der Waals surface area contributed by atoms with E-state index in [0.29, 0.717) is 80.5 Å². The van der Waals surface area contributed by atoms with Crippen LogP contribution in [0.5, 0.6) is 5.75 Å². The Morgan fingerprint density at radius 3 is 1.96 bits per heavy atom. The summed E-state index contributed by atoms with van der Waals surface area (Å²) in [6, 6.07) is 43.2. The van der Waals surface area contributed by atoms with E-state index in [0.717, 1.165) is 114 Å². The third-order valence-corrected chi connectivity index (χ3v) is 19.2. The summed E-state index contributed by atoms with van der Waals surface area (Å²) in [6.45, 7) is 23.3. The van der Waals surface area contributed by atoms with Crippen molar-refractivity contribution in [3.05, 3.63) is 171 Å². The van der Waals surface area contributed by atoms with Crippen molar-refractivity contribution < 1.29 is 19.4 Å². The van der Waals surface area contributed by atoms with E-state index in [4.69, 9.17) is 43.0 Å². The number of benzene rings is 5. The van der Waals surface area contributed by atoms with Gasteiger partial charge in [0.15, 0.2) is 5.65 Å². The molecule has 3 amide bonds. The van der Waals surface area contributed by atoms with Crippen LogP contribution < -0.4 is 15.0 Å². The molecular weight excluding hydrogens is 1150 g/mol. The molecule has 7 aromatic rings. The second-order valence-corrected chi connectivity index (χ2v) is 26.7. The average Bonchev–Trinajstić information content (AvgIpc) is 1.56. The maximum absolute atomic E-state index is 15.6. The molecule has 89 heavy (non-hydrogen) atoms. The SMILES string of the molecule is CCOc1cc(C(C)(C)C)ccc1C1=N[C@@](C)(c2ccc(Cl)cc2)[C@@](C)(c2ccc(Cl)cc2)N1C(=O)N1CCN(CCC(=O)NCCCCCCCCCCCc2cccc(-c3c(C)nn4c(N5CCN(CCO)CC5)cc(-c5ccccc5)nc34)c2)CC1. The number of aliphatic hydroxyl groups excluding tert-OH is 1. The van der Waals surface area contributed by atoms with Crippen LogP contribution in [0, 0.1) is 6.92 Å². The minimum atomic E-state index is -1.02. The zero-order valence-corrected chi connectivity index (χ0v) is 55.1. The minimum Gasteiger partial charge on any atom is -0.493 e. The molecule has 10 rings (SSSR count). The largest absolute Gasteiger partial charge is 0.493 e. The lowest BCUT2D eigenvalue weighted by Crippen LogP contribution is -2.60. The van der Waals surface area contributed by atoms with Crippen LogP contribution in [0.2, 0.25) is 10.0 Å². The maximum atomic E-state index is 15.6. The lowest BCUT2D eigenvalue weighted by molar-refractivity contribution is -0.121. The lowest BCUT2D eigenvalue weighted by Gasteiger charge is -2.47. The normalized spacial score (nSPS) is 18.4. The van der Waals surface area contributed by atoms with Crippen LogP contribution in [-0.4, -0.2) is 142 Å². The predicted octanol–water partition coefficient (Wildman–Crippen LogP) is 14.4. The van der Waals surface area contributed by atoms with Gasteiger partial charge in [0.25, 0.3) is 0 Å². The molecule has 16 heteroatoms. The Bertz CT molecular complexity index is 3540. The number of fused-ring (bicyclic) bond motifs is 1. The fourth-order valence-electron chi connectivity index (χ4n) is 13.2. The number of carbonyl (C=O) groups is 2. The number of unbranched alkanes of at least 4 members (excludes halogenated alkanes) is 8. The van der Waals surface area contributed by atoms with Crippen molar-refractivity contribution in [1.29, 1.82) is 0 Å². The highest BCUT2D eigenvalue weighted by atomic mass is 35.5. The number of hydrogen-bond donors (Lipinski definition) is 2. The number of aromatic nitrogens is 3. The summed E-state index contributed by atoms with van der Waals surface area (Å²) in [7, 11) is 0. The van der Waals surface area contributed by atoms with Crippen LogP contribution in [-0.2, 0) is 27.7 Å². The molecule has 0 unspecified atom stereocenters. The van der Waals surface area contributed by atoms with Crippen molar-refractivity contribution in [2.75, 3.05) is 90.1 Å². The van der Waals surface area contributed by atoms with Crippen LogP contribution >= 0.6 is 23.2 Å². The molecule has 0 radical (unpaired) electrons. The number of amides is 3. The molecule has 2 fully saturated rings. The molecule has 0 spiro atoms. The first kappa shape index (κ1) is 65.2. The highest BCUT2D eigenvalue weighted by molar-refractivity contribution is 6.30. The summed E-state index contributed by atoms with van der Waals surface area (Å²) < 4.78 is 8.45. The third kappa shape index (κ3) is 15.0. The molecule has 14 nitrogen and oxygen atoms in total. The first-order valence-electron chi connectivity index (χ1n) is 32.6. The third-order valence-electron chi connectivity index (χ3n) is 18.7. The van der Waals surface area contributed by atoms with E-state index in [1.165, 1.54) is 44.1 Å². The van der Waals surface area contributed by atoms with Gasteiger partial charge in [0, 0.05) is 106 Å². The first-order valence-corrected chi connectivity index (χ1v) is 33.4. The number of rotatable bonds is 25. The topological polar surface area (TPSA) is 134 Å². The van der Waals surface area contributed by atoms with Crippen LogP contribution in [0.25, 0.3) is 28.0 Å². The van der Waals surface area contributed by atoms with Gasteiger partial charge in [0.05, 0.1) is 30.2 Å². The van der Waals surface area contributed by atoms with Gasteiger partial charge in [-0.05, 0) is 117 Å². The second-order valence-electron chi connectivity index (χ2n) is 25.8. The second kappa shape index (κ2) is 29.4. The summed E-state index contributed by atoms with van der Waals surface area (Å²) in [5.41, 5.74) is 9.04. The number of aryl methyl sites for hydroxylation is 2. The number of ether oxygens (including phenoxy) is 1. The standard InChI is InChI=1S/C73H92Cl2N10O4/c1-8-89-64-51-59(71(3,4)5)31-36-62(64)68-78-72(6,57-27-32-60(74)33-28-57)73(7,58-29-34-61(75)35-30-58)84(68)70(88)83-46-42-80(43-47-83)39-37-65(87)76-38-20-15-13-11-9-10-12-14-17-22-54-23-21-26-56(50-54)67-53(2)79-85-66(82-44-40-81(41-45-82)48-49-86)52-63(77-69(67)85)55-24-18-16-19-25-55/h16,18-19,21,23-36,50-52,86H,8-15,17,20,22,37-49H2,1-7H3,(H,76,87)/t72-,73+/m0/s1. The number of carbonyl (C=O) groups excluding carboxylic acids is 2. The van der Waals surface area contributed by atoms with E-state index in [-0.39, 0.29) is 24.0 Å². The van der Waals surface area contributed by atoms with Gasteiger partial charge in [-0.3, -0.25) is 24.5 Å². The van der Waals surface area contributed by atoms with Gasteiger partial charge in [-0.2, -0.15) is 9.61 Å². The summed E-state index contributed by atoms with van der Waals surface area (Å²) in [4.78, 5) is 50.4. The van der Waals surface area contributed by atoms with Crippen LogP contribution in [0.3, 0.4) is 0 Å². The van der Waals surface area contributed by atoms with Gasteiger partial charge in [-0.15, -0.1) is 0 Å². The molecule has 2 atom stereocenters. The Morgan fingerprint density at radius 2 is 1.30 bits per heavy atom. The van der Waals surface area contributed by atoms with Gasteiger partial charge in [-0.25, -0.2) is 9.78 Å². The molecule has 2 aromatic heterocycles. The molecule has 3 aliphatic rings. The number of anilines is 1. The zero-order chi connectivity index (χ0) is 62.7. The number of aliphatic hydroxyl groups is 1. The van der Waals surface area contributed by atoms with E-state index in [2.05, 4.69) is 134 Å². The average molecular weight is 1240 g/mol. The summed E-state index contributed by atoms with van der Waals surface area (Å²) in [6.07, 6.45) is 12.1. The molecule has 0 aliphatic carbocycles. The Kier molecular flexibility index (Phi) is 21.5. The van der Waals surface area contributed by atoms with E-state index >= 15 is 4.79 Å². The van der Waals surface area contributed by atoms with Gasteiger partial charge in [-0.1, -0.05) is 174 Å². The Labute approximate surface area is 538 Å². The molecule has 2 N–H and O–H groups in total. The Morgan fingerprint density at radius 1 is 0.685 bits per heavy atom. The first-order chi connectivity index (χ1) is 43.0. The van der Waals surface area contributed by atoms with E-state index in [9.17, 15) is 9.90 Å². The van der Waals surface area contributed by atoms with Crippen LogP contribution in [0.1, 0.15) is 139 Å². The fourth-order valence-corrected chi connectivity index (χ4v) is 13.5. The van der Waals surface area contributed by atoms with Gasteiger partial charge in [0.1, 0.15) is 28.5 Å². The number of aliphatic imine (C=N–C) groups is 1. The Hall–Kier alpha value is -6.81. The number of hydrogen-bond acceptors (Lipinski definition) is 10. The number of amidine groups is 1. The predicted molar refractivity (Wildman–Crippen MR) is 363 cm³/mol. The summed E-state index contributed by atoms with van der Waals surface area (Å²) in [5, 5.41) is 19.1. The highest BCUT2D eigenvalue weighted by Crippen LogP contribution is 2.54. The van der Waals surface area contributed by atoms with Crippen LogP contribution in [0.15, 0.2) is 132 Å². The van der Waals surface area contributed by atoms with Gasteiger partial charge < -0.3 is 25.0 Å². The van der Waals surface area contributed by atoms with E-state index in [1.807, 2.05) is 75.8 Å². The highest BCUT2D eigenvalue weighted by Gasteiger charge is 2.60. The van der Waals surface area contributed by atoms with Crippen molar-refractivity contribution in [2.45, 2.75) is 136 Å². The molecule has 0 saturated carbocycles. The molecular formula is C73H92Cl2N10O4. The lowest BCUT2D eigenvalue weighted by atomic mass is 9.71. The quantitative estimate of drug-likeness (QED) is 0.0537. The summed E-state index contributed by atoms with van der Waals surface area (Å²) >= 11 is 13.0. The minimum absolute atomic E-state index is 0.0750. The molecule has 5 aromatic carbocycles. The van der Waals surface area contributed by atoms with Crippen molar-refractivity contribution in [3.8, 4) is 28.1 Å². The van der Waals surface area contributed by atoms with Crippen molar-refractivity contribution in [3.63, 3.8) is 0 Å². The maximum Gasteiger partial charge on any atom is 0.326 e. The Balaban J connectivity index is 0.660. The number of nitrogens with one attached hydrogen (secondary N) is 1. The number of piperazine rings is 2. The van der Waals surface area contributed by atoms with E-state index in [1.54, 1.807) is 0 Å². The zero-order valence-electron chi connectivity index (χ0n) is 53.5. The van der Waals surface area contributed by atoms with Crippen LogP contribution in [0.4, 0.5) is 10.6 Å². The fraction of sp³-hybridized carbons (Fsp3) is 0.466. The molecule has 2 saturated heterocycles. The molecule has 3 aliphatic heterocycles. The monoisotopic (exact) mass is 1240 g/mol. The van der Waals surface area contributed by atoms with Crippen molar-refractivity contribution in [1.82, 2.24) is 39.5 Å². The number of nitrogens with zero attached hydrogens (tertiary/aromatic N) is 9. The van der Waals surface area contributed by atoms with Gasteiger partial charge >= 0.3 is 6.03 Å². The number of β-amino-alcohol motifs (C(OH)–C–C–N with tert-alkyl or cyclic N) is 1. The molecule has 472 valence electrons. The summed E-state index contributed by atoms with van der Waals surface area (Å²) in [5.74, 6) is 2.35. The van der Waals surface area contributed by atoms with Gasteiger partial charge in [0.2, 0.25) is 5.91 Å². The molecule has 5 heterocycles. The number of halogens is 2.